The number of benzene rings is 2. The lowest BCUT2D eigenvalue weighted by molar-refractivity contribution is -0.384. The Morgan fingerprint density at radius 1 is 1.11 bits per heavy atom. The second-order valence-electron chi connectivity index (χ2n) is 3.47. The van der Waals surface area contributed by atoms with E-state index in [1.807, 2.05) is 6.07 Å². The Morgan fingerprint density at radius 2 is 1.72 bits per heavy atom. The molecule has 2 aromatic carbocycles. The summed E-state index contributed by atoms with van der Waals surface area (Å²) in [7, 11) is 0. The molecule has 0 amide bonds. The lowest BCUT2D eigenvalue weighted by Crippen LogP contribution is -1.86. The lowest BCUT2D eigenvalue weighted by Gasteiger charge is -2.03. The molecule has 0 atom stereocenters. The summed E-state index contributed by atoms with van der Waals surface area (Å²) in [6.45, 7) is 0. The van der Waals surface area contributed by atoms with Gasteiger partial charge < -0.3 is 5.11 Å². The van der Waals surface area contributed by atoms with Gasteiger partial charge in [0, 0.05) is 21.9 Å². The molecule has 0 saturated carbocycles. The predicted octanol–water partition coefficient (Wildman–Crippen LogP) is 4.21. The third kappa shape index (κ3) is 3.02. The van der Waals surface area contributed by atoms with E-state index >= 15 is 0 Å². The van der Waals surface area contributed by atoms with Gasteiger partial charge in [0.2, 0.25) is 0 Å². The summed E-state index contributed by atoms with van der Waals surface area (Å²) in [6.07, 6.45) is 0. The number of nitrogens with zero attached hydrogens (tertiary/aromatic N) is 1. The molecule has 0 saturated heterocycles. The van der Waals surface area contributed by atoms with Crippen molar-refractivity contribution in [2.24, 2.45) is 0 Å². The maximum Gasteiger partial charge on any atom is 0.269 e. The number of phenols is 1. The van der Waals surface area contributed by atoms with Crippen LogP contribution in [-0.4, -0.2) is 10.0 Å². The van der Waals surface area contributed by atoms with Gasteiger partial charge in [-0.25, -0.2) is 0 Å². The number of phenolic OH excluding ortho intramolecular Hbond substituents is 1. The number of hydrogen-bond acceptors (Lipinski definition) is 4. The molecular formula is C12H8BrNO3S. The SMILES string of the molecule is O=[N+]([O-])c1ccc(Sc2ccc(Br)c(O)c2)cc1. The molecule has 0 fully saturated rings. The zero-order valence-corrected chi connectivity index (χ0v) is 11.4. The van der Waals surface area contributed by atoms with Crippen LogP contribution < -0.4 is 0 Å². The first-order valence-electron chi connectivity index (χ1n) is 4.97. The van der Waals surface area contributed by atoms with Gasteiger partial charge in [-0.15, -0.1) is 0 Å². The van der Waals surface area contributed by atoms with Crippen LogP contribution in [0.2, 0.25) is 0 Å². The van der Waals surface area contributed by atoms with Crippen molar-refractivity contribution < 1.29 is 10.0 Å². The normalized spacial score (nSPS) is 10.3. The number of nitro benzene ring substituents is 1. The third-order valence-electron chi connectivity index (χ3n) is 2.20. The van der Waals surface area contributed by atoms with Gasteiger partial charge in [0.1, 0.15) is 5.75 Å². The van der Waals surface area contributed by atoms with Gasteiger partial charge in [0.25, 0.3) is 5.69 Å². The van der Waals surface area contributed by atoms with Crippen molar-refractivity contribution in [3.8, 4) is 5.75 Å². The van der Waals surface area contributed by atoms with Crippen LogP contribution in [0, 0.1) is 10.1 Å². The molecular weight excluding hydrogens is 318 g/mol. The summed E-state index contributed by atoms with van der Waals surface area (Å²) in [4.78, 5) is 11.8. The van der Waals surface area contributed by atoms with Crippen LogP contribution in [0.4, 0.5) is 5.69 Å². The molecule has 0 aliphatic rings. The highest BCUT2D eigenvalue weighted by molar-refractivity contribution is 9.10. The fraction of sp³-hybridized carbons (Fsp3) is 0. The molecule has 0 unspecified atom stereocenters. The molecule has 92 valence electrons. The maximum atomic E-state index is 10.5. The lowest BCUT2D eigenvalue weighted by atomic mass is 10.3. The minimum absolute atomic E-state index is 0.0676. The van der Waals surface area contributed by atoms with Gasteiger partial charge in [-0.2, -0.15) is 0 Å². The van der Waals surface area contributed by atoms with Crippen molar-refractivity contribution in [3.63, 3.8) is 0 Å². The first kappa shape index (κ1) is 12.9. The van der Waals surface area contributed by atoms with Crippen LogP contribution >= 0.6 is 27.7 Å². The summed E-state index contributed by atoms with van der Waals surface area (Å²) in [5.74, 6) is 0.168. The van der Waals surface area contributed by atoms with E-state index in [1.54, 1.807) is 24.3 Å². The zero-order valence-electron chi connectivity index (χ0n) is 9.04. The third-order valence-corrected chi connectivity index (χ3v) is 3.87. The van der Waals surface area contributed by atoms with E-state index in [-0.39, 0.29) is 11.4 Å². The number of aromatic hydroxyl groups is 1. The van der Waals surface area contributed by atoms with Gasteiger partial charge in [-0.3, -0.25) is 10.1 Å². The second kappa shape index (κ2) is 5.41. The molecule has 0 heterocycles. The molecule has 18 heavy (non-hydrogen) atoms. The monoisotopic (exact) mass is 325 g/mol. The van der Waals surface area contributed by atoms with Crippen LogP contribution in [0.15, 0.2) is 56.7 Å². The molecule has 0 radical (unpaired) electrons. The Balaban J connectivity index is 2.18. The Bertz CT molecular complexity index is 586. The average molecular weight is 326 g/mol. The topological polar surface area (TPSA) is 63.4 Å². The first-order chi connectivity index (χ1) is 8.56. The summed E-state index contributed by atoms with van der Waals surface area (Å²) >= 11 is 4.63. The van der Waals surface area contributed by atoms with Crippen molar-refractivity contribution in [1.82, 2.24) is 0 Å². The second-order valence-corrected chi connectivity index (χ2v) is 5.47. The number of halogens is 1. The highest BCUT2D eigenvalue weighted by Crippen LogP contribution is 2.33. The van der Waals surface area contributed by atoms with Crippen LogP contribution in [0.3, 0.4) is 0 Å². The highest BCUT2D eigenvalue weighted by Gasteiger charge is 2.06. The Kier molecular flexibility index (Phi) is 3.88. The summed E-state index contributed by atoms with van der Waals surface area (Å²) in [5.41, 5.74) is 0.0676. The minimum Gasteiger partial charge on any atom is -0.507 e. The molecule has 0 spiro atoms. The van der Waals surface area contributed by atoms with Gasteiger partial charge in [0.05, 0.1) is 9.40 Å². The molecule has 2 rings (SSSR count). The molecule has 0 aromatic heterocycles. The molecule has 1 N–H and O–H groups in total. The largest absolute Gasteiger partial charge is 0.507 e. The molecule has 4 nitrogen and oxygen atoms in total. The van der Waals surface area contributed by atoms with Crippen molar-refractivity contribution in [2.45, 2.75) is 9.79 Å². The van der Waals surface area contributed by atoms with Crippen LogP contribution in [0.1, 0.15) is 0 Å². The fourth-order valence-electron chi connectivity index (χ4n) is 1.33. The van der Waals surface area contributed by atoms with Crippen molar-refractivity contribution in [1.29, 1.82) is 0 Å². The van der Waals surface area contributed by atoms with E-state index in [4.69, 9.17) is 0 Å². The van der Waals surface area contributed by atoms with Crippen molar-refractivity contribution in [3.05, 3.63) is 57.1 Å². The van der Waals surface area contributed by atoms with Gasteiger partial charge in [-0.1, -0.05) is 11.8 Å². The summed E-state index contributed by atoms with van der Waals surface area (Å²) in [5, 5.41) is 20.1. The first-order valence-corrected chi connectivity index (χ1v) is 6.58. The van der Waals surface area contributed by atoms with E-state index in [2.05, 4.69) is 15.9 Å². The molecule has 0 aliphatic carbocycles. The summed E-state index contributed by atoms with van der Waals surface area (Å²) in [6, 6.07) is 11.5. The van der Waals surface area contributed by atoms with Crippen molar-refractivity contribution >= 4 is 33.4 Å². The van der Waals surface area contributed by atoms with Crippen LogP contribution in [0.25, 0.3) is 0 Å². The predicted molar refractivity (Wildman–Crippen MR) is 73.0 cm³/mol. The minimum atomic E-state index is -0.431. The number of rotatable bonds is 3. The van der Waals surface area contributed by atoms with E-state index in [0.717, 1.165) is 9.79 Å². The van der Waals surface area contributed by atoms with E-state index in [0.29, 0.717) is 4.47 Å². The van der Waals surface area contributed by atoms with E-state index < -0.39 is 4.92 Å². The van der Waals surface area contributed by atoms with E-state index in [1.165, 1.54) is 23.9 Å². The quantitative estimate of drug-likeness (QED) is 0.678. The fourth-order valence-corrected chi connectivity index (χ4v) is 2.43. The van der Waals surface area contributed by atoms with Gasteiger partial charge >= 0.3 is 0 Å². The average Bonchev–Trinajstić information content (AvgIpc) is 2.34. The molecule has 0 aliphatic heterocycles. The van der Waals surface area contributed by atoms with Gasteiger partial charge in [0.15, 0.2) is 0 Å². The number of non-ortho nitro benzene ring substituents is 1. The van der Waals surface area contributed by atoms with Crippen molar-refractivity contribution in [2.75, 3.05) is 0 Å². The van der Waals surface area contributed by atoms with Crippen LogP contribution in [-0.2, 0) is 0 Å². The Labute approximate surface area is 116 Å². The van der Waals surface area contributed by atoms with Crippen LogP contribution in [0.5, 0.6) is 5.75 Å². The number of nitro groups is 1. The molecule has 0 bridgehead atoms. The smallest absolute Gasteiger partial charge is 0.269 e. The Morgan fingerprint density at radius 3 is 2.28 bits per heavy atom. The number of hydrogen-bond donors (Lipinski definition) is 1. The van der Waals surface area contributed by atoms with Gasteiger partial charge in [-0.05, 0) is 46.3 Å². The zero-order chi connectivity index (χ0) is 13.1. The maximum absolute atomic E-state index is 10.5. The molecule has 6 heteroatoms. The molecule has 2 aromatic rings. The highest BCUT2D eigenvalue weighted by atomic mass is 79.9. The standard InChI is InChI=1S/C12H8BrNO3S/c13-11-6-5-10(7-12(11)15)18-9-3-1-8(2-4-9)14(16)17/h1-7,15H. The Hall–Kier alpha value is -1.53. The summed E-state index contributed by atoms with van der Waals surface area (Å²) < 4.78 is 0.635. The van der Waals surface area contributed by atoms with E-state index in [9.17, 15) is 15.2 Å².